The Balaban J connectivity index is 1.48. The average molecular weight is 425 g/mol. The SMILES string of the molecule is COc1ccc(OC)c(CNC(=O)[C@H]2CCCN(c3nc(C)nc4onc(C)c34)C2)c1. The molecule has 1 saturated heterocycles. The summed E-state index contributed by atoms with van der Waals surface area (Å²) in [5, 5.41) is 7.90. The molecule has 1 aliphatic heterocycles. The molecule has 1 aromatic carbocycles. The first-order chi connectivity index (χ1) is 15.0. The van der Waals surface area contributed by atoms with Gasteiger partial charge in [-0.05, 0) is 44.9 Å². The molecule has 1 atom stereocenters. The predicted octanol–water partition coefficient (Wildman–Crippen LogP) is 2.78. The highest BCUT2D eigenvalue weighted by Gasteiger charge is 2.29. The lowest BCUT2D eigenvalue weighted by atomic mass is 9.96. The lowest BCUT2D eigenvalue weighted by Gasteiger charge is -2.33. The summed E-state index contributed by atoms with van der Waals surface area (Å²) in [6.07, 6.45) is 1.73. The first-order valence-electron chi connectivity index (χ1n) is 10.3. The lowest BCUT2D eigenvalue weighted by Crippen LogP contribution is -2.43. The van der Waals surface area contributed by atoms with E-state index in [4.69, 9.17) is 14.0 Å². The van der Waals surface area contributed by atoms with Gasteiger partial charge in [0.15, 0.2) is 0 Å². The van der Waals surface area contributed by atoms with Crippen LogP contribution in [-0.4, -0.2) is 48.3 Å². The Kier molecular flexibility index (Phi) is 5.92. The van der Waals surface area contributed by atoms with E-state index in [-0.39, 0.29) is 11.8 Å². The zero-order valence-electron chi connectivity index (χ0n) is 18.3. The second kappa shape index (κ2) is 8.79. The van der Waals surface area contributed by atoms with Crippen molar-refractivity contribution in [3.05, 3.63) is 35.3 Å². The second-order valence-electron chi connectivity index (χ2n) is 7.72. The van der Waals surface area contributed by atoms with Gasteiger partial charge in [0.1, 0.15) is 28.5 Å². The number of hydrogen-bond donors (Lipinski definition) is 1. The van der Waals surface area contributed by atoms with Crippen LogP contribution in [0.25, 0.3) is 11.1 Å². The fourth-order valence-corrected chi connectivity index (χ4v) is 4.03. The number of aryl methyl sites for hydroxylation is 2. The number of methoxy groups -OCH3 is 2. The van der Waals surface area contributed by atoms with E-state index in [1.165, 1.54) is 0 Å². The van der Waals surface area contributed by atoms with Crippen LogP contribution in [0.1, 0.15) is 29.9 Å². The zero-order chi connectivity index (χ0) is 22.0. The number of hydrogen-bond acceptors (Lipinski definition) is 8. The van der Waals surface area contributed by atoms with Gasteiger partial charge in [0.2, 0.25) is 5.91 Å². The minimum absolute atomic E-state index is 0.0126. The third kappa shape index (κ3) is 4.26. The molecule has 1 N–H and O–H groups in total. The van der Waals surface area contributed by atoms with Gasteiger partial charge in [-0.15, -0.1) is 0 Å². The van der Waals surface area contributed by atoms with E-state index in [1.54, 1.807) is 14.2 Å². The average Bonchev–Trinajstić information content (AvgIpc) is 3.17. The number of nitrogens with one attached hydrogen (secondary N) is 1. The summed E-state index contributed by atoms with van der Waals surface area (Å²) in [5.74, 6) is 2.72. The van der Waals surface area contributed by atoms with E-state index in [1.807, 2.05) is 32.0 Å². The van der Waals surface area contributed by atoms with Crippen LogP contribution in [-0.2, 0) is 11.3 Å². The molecule has 9 nitrogen and oxygen atoms in total. The Morgan fingerprint density at radius 2 is 2.10 bits per heavy atom. The van der Waals surface area contributed by atoms with Crippen molar-refractivity contribution in [3.63, 3.8) is 0 Å². The van der Waals surface area contributed by atoms with Crippen LogP contribution in [0, 0.1) is 19.8 Å². The van der Waals surface area contributed by atoms with Gasteiger partial charge in [0.25, 0.3) is 5.71 Å². The first kappa shape index (κ1) is 20.9. The third-order valence-corrected chi connectivity index (χ3v) is 5.63. The molecule has 0 spiro atoms. The van der Waals surface area contributed by atoms with Crippen LogP contribution in [0.4, 0.5) is 5.82 Å². The Bertz CT molecular complexity index is 1100. The van der Waals surface area contributed by atoms with Crippen LogP contribution < -0.4 is 19.7 Å². The molecule has 1 aliphatic rings. The standard InChI is InChI=1S/C22H27N5O4/c1-13-19-20(24-14(2)25-22(19)31-26-13)27-9-5-6-15(12-27)21(28)23-11-16-10-17(29-3)7-8-18(16)30-4/h7-8,10,15H,5-6,9,11-12H2,1-4H3,(H,23,28)/t15-/m0/s1. The van der Waals surface area contributed by atoms with E-state index in [0.29, 0.717) is 30.4 Å². The molecule has 2 aromatic heterocycles. The summed E-state index contributed by atoms with van der Waals surface area (Å²) < 4.78 is 16.0. The van der Waals surface area contributed by atoms with Crippen LogP contribution in [0.5, 0.6) is 11.5 Å². The Labute approximate surface area is 180 Å². The topological polar surface area (TPSA) is 103 Å². The Morgan fingerprint density at radius 3 is 2.87 bits per heavy atom. The van der Waals surface area contributed by atoms with Gasteiger partial charge in [-0.1, -0.05) is 5.16 Å². The van der Waals surface area contributed by atoms with Gasteiger partial charge in [0.05, 0.1) is 25.8 Å². The number of carbonyl (C=O) groups is 1. The van der Waals surface area contributed by atoms with Crippen molar-refractivity contribution in [2.45, 2.75) is 33.2 Å². The molecule has 164 valence electrons. The van der Waals surface area contributed by atoms with E-state index < -0.39 is 0 Å². The highest BCUT2D eigenvalue weighted by molar-refractivity contribution is 5.88. The predicted molar refractivity (Wildman–Crippen MR) is 115 cm³/mol. The van der Waals surface area contributed by atoms with Crippen molar-refractivity contribution < 1.29 is 18.8 Å². The van der Waals surface area contributed by atoms with Crippen LogP contribution in [0.3, 0.4) is 0 Å². The van der Waals surface area contributed by atoms with Crippen LogP contribution in [0.15, 0.2) is 22.7 Å². The van der Waals surface area contributed by atoms with E-state index >= 15 is 0 Å². The van der Waals surface area contributed by atoms with Crippen molar-refractivity contribution in [2.75, 3.05) is 32.2 Å². The van der Waals surface area contributed by atoms with Crippen molar-refractivity contribution in [2.24, 2.45) is 5.92 Å². The molecule has 0 saturated carbocycles. The quantitative estimate of drug-likeness (QED) is 0.643. The molecule has 3 aromatic rings. The summed E-state index contributed by atoms with van der Waals surface area (Å²) in [4.78, 5) is 24.1. The van der Waals surface area contributed by atoms with E-state index in [0.717, 1.165) is 47.6 Å². The number of benzene rings is 1. The lowest BCUT2D eigenvalue weighted by molar-refractivity contribution is -0.125. The van der Waals surface area contributed by atoms with Gasteiger partial charge in [0, 0.05) is 25.2 Å². The van der Waals surface area contributed by atoms with Crippen molar-refractivity contribution in [1.29, 1.82) is 0 Å². The maximum Gasteiger partial charge on any atom is 0.263 e. The molecule has 0 radical (unpaired) electrons. The minimum Gasteiger partial charge on any atom is -0.497 e. The van der Waals surface area contributed by atoms with Crippen molar-refractivity contribution in [3.8, 4) is 11.5 Å². The molecule has 0 unspecified atom stereocenters. The maximum absolute atomic E-state index is 13.0. The Morgan fingerprint density at radius 1 is 1.26 bits per heavy atom. The van der Waals surface area contributed by atoms with Gasteiger partial charge < -0.3 is 24.2 Å². The van der Waals surface area contributed by atoms with Crippen LogP contribution >= 0.6 is 0 Å². The number of ether oxygens (including phenoxy) is 2. The fraction of sp³-hybridized carbons (Fsp3) is 0.455. The largest absolute Gasteiger partial charge is 0.497 e. The molecular formula is C22H27N5O4. The number of nitrogens with zero attached hydrogens (tertiary/aromatic N) is 4. The number of aromatic nitrogens is 3. The molecule has 3 heterocycles. The smallest absolute Gasteiger partial charge is 0.263 e. The molecular weight excluding hydrogens is 398 g/mol. The normalized spacial score (nSPS) is 16.4. The molecule has 9 heteroatoms. The zero-order valence-corrected chi connectivity index (χ0v) is 18.3. The molecule has 1 fully saturated rings. The summed E-state index contributed by atoms with van der Waals surface area (Å²) >= 11 is 0. The van der Waals surface area contributed by atoms with Crippen molar-refractivity contribution >= 4 is 22.8 Å². The maximum atomic E-state index is 13.0. The summed E-state index contributed by atoms with van der Waals surface area (Å²) in [7, 11) is 3.23. The molecule has 4 rings (SSSR count). The van der Waals surface area contributed by atoms with Gasteiger partial charge in [-0.3, -0.25) is 4.79 Å². The summed E-state index contributed by atoms with van der Waals surface area (Å²) in [5.41, 5.74) is 2.11. The highest BCUT2D eigenvalue weighted by Crippen LogP contribution is 2.30. The van der Waals surface area contributed by atoms with Gasteiger partial charge in [-0.25, -0.2) is 4.98 Å². The van der Waals surface area contributed by atoms with Crippen LogP contribution in [0.2, 0.25) is 0 Å². The number of rotatable bonds is 6. The summed E-state index contributed by atoms with van der Waals surface area (Å²) in [6.45, 7) is 5.48. The molecule has 1 amide bonds. The second-order valence-corrected chi connectivity index (χ2v) is 7.72. The third-order valence-electron chi connectivity index (χ3n) is 5.63. The molecule has 31 heavy (non-hydrogen) atoms. The molecule has 0 bridgehead atoms. The van der Waals surface area contributed by atoms with E-state index in [9.17, 15) is 4.79 Å². The summed E-state index contributed by atoms with van der Waals surface area (Å²) in [6, 6.07) is 5.55. The number of anilines is 1. The van der Waals surface area contributed by atoms with E-state index in [2.05, 4.69) is 25.3 Å². The minimum atomic E-state index is -0.143. The van der Waals surface area contributed by atoms with Gasteiger partial charge in [-0.2, -0.15) is 4.98 Å². The fourth-order valence-electron chi connectivity index (χ4n) is 4.03. The first-order valence-corrected chi connectivity index (χ1v) is 10.3. The number of amides is 1. The number of carbonyl (C=O) groups excluding carboxylic acids is 1. The Hall–Kier alpha value is -3.36. The number of piperidine rings is 1. The monoisotopic (exact) mass is 425 g/mol. The number of fused-ring (bicyclic) bond motifs is 1. The van der Waals surface area contributed by atoms with Gasteiger partial charge >= 0.3 is 0 Å². The van der Waals surface area contributed by atoms with Crippen molar-refractivity contribution in [1.82, 2.24) is 20.4 Å². The highest BCUT2D eigenvalue weighted by atomic mass is 16.5. The molecule has 0 aliphatic carbocycles.